The maximum atomic E-state index is 13.0. The quantitative estimate of drug-likeness (QED) is 0.606. The molecule has 0 unspecified atom stereocenters. The van der Waals surface area contributed by atoms with Crippen molar-refractivity contribution in [1.29, 1.82) is 0 Å². The summed E-state index contributed by atoms with van der Waals surface area (Å²) in [5.74, 6) is 0.0745. The fourth-order valence-electron chi connectivity index (χ4n) is 3.28. The maximum Gasteiger partial charge on any atom is 0.410 e. The van der Waals surface area contributed by atoms with E-state index in [4.69, 9.17) is 4.74 Å². The number of thiophene rings is 1. The van der Waals surface area contributed by atoms with Gasteiger partial charge >= 0.3 is 6.09 Å². The summed E-state index contributed by atoms with van der Waals surface area (Å²) in [7, 11) is 0. The van der Waals surface area contributed by atoms with E-state index in [1.54, 1.807) is 11.1 Å². The number of anilines is 1. The van der Waals surface area contributed by atoms with Gasteiger partial charge in [0.2, 0.25) is 5.95 Å². The van der Waals surface area contributed by atoms with Gasteiger partial charge in [0.05, 0.1) is 28.0 Å². The minimum atomic E-state index is -0.549. The Morgan fingerprint density at radius 2 is 2.00 bits per heavy atom. The Balaban J connectivity index is 1.44. The molecule has 4 rings (SSSR count). The molecule has 168 valence electrons. The average molecular weight is 455 g/mol. The van der Waals surface area contributed by atoms with E-state index >= 15 is 0 Å². The Kier molecular flexibility index (Phi) is 5.96. The van der Waals surface area contributed by atoms with E-state index in [-0.39, 0.29) is 24.1 Å². The van der Waals surface area contributed by atoms with E-state index in [0.29, 0.717) is 30.2 Å². The number of nitrogens with one attached hydrogen (secondary N) is 2. The molecule has 10 heteroatoms. The molecule has 2 amide bonds. The topological polar surface area (TPSA) is 109 Å². The number of fused-ring (bicyclic) bond motifs is 1. The number of likely N-dealkylation sites (tertiary alicyclic amines) is 1. The van der Waals surface area contributed by atoms with Gasteiger partial charge in [0.1, 0.15) is 5.60 Å². The zero-order valence-corrected chi connectivity index (χ0v) is 19.3. The largest absolute Gasteiger partial charge is 0.444 e. The lowest BCUT2D eigenvalue weighted by molar-refractivity contribution is 0.00532. The van der Waals surface area contributed by atoms with Crippen LogP contribution in [0, 0.1) is 0 Å². The van der Waals surface area contributed by atoms with E-state index < -0.39 is 5.60 Å². The van der Waals surface area contributed by atoms with Gasteiger partial charge in [-0.3, -0.25) is 9.78 Å². The van der Waals surface area contributed by atoms with Gasteiger partial charge < -0.3 is 20.3 Å². The second kappa shape index (κ2) is 8.70. The molecule has 1 aliphatic rings. The van der Waals surface area contributed by atoms with Crippen LogP contribution in [0.25, 0.3) is 10.2 Å². The molecular formula is C22H26N6O3S. The molecule has 4 heterocycles. The van der Waals surface area contributed by atoms with E-state index in [1.165, 1.54) is 11.3 Å². The van der Waals surface area contributed by atoms with Gasteiger partial charge in [0.15, 0.2) is 5.69 Å². The molecule has 9 nitrogen and oxygen atoms in total. The number of nitrogens with zero attached hydrogens (tertiary/aromatic N) is 4. The first-order chi connectivity index (χ1) is 15.2. The third-order valence-corrected chi connectivity index (χ3v) is 5.77. The Morgan fingerprint density at radius 3 is 2.69 bits per heavy atom. The van der Waals surface area contributed by atoms with Crippen molar-refractivity contribution in [2.45, 2.75) is 45.4 Å². The first-order valence-electron chi connectivity index (χ1n) is 10.4. The van der Waals surface area contributed by atoms with Gasteiger partial charge in [-0.2, -0.15) is 0 Å². The second-order valence-corrected chi connectivity index (χ2v) is 9.62. The number of amides is 2. The van der Waals surface area contributed by atoms with Crippen LogP contribution < -0.4 is 10.6 Å². The highest BCUT2D eigenvalue weighted by Crippen LogP contribution is 2.25. The lowest BCUT2D eigenvalue weighted by Crippen LogP contribution is -2.61. The van der Waals surface area contributed by atoms with Crippen LogP contribution in [0.15, 0.2) is 35.8 Å². The van der Waals surface area contributed by atoms with Crippen LogP contribution in [0.4, 0.5) is 10.7 Å². The highest BCUT2D eigenvalue weighted by atomic mass is 32.1. The summed E-state index contributed by atoms with van der Waals surface area (Å²) in [6.45, 7) is 8.24. The summed E-state index contributed by atoms with van der Waals surface area (Å²) in [6, 6.07) is 7.28. The van der Waals surface area contributed by atoms with Crippen molar-refractivity contribution in [1.82, 2.24) is 25.2 Å². The summed E-state index contributed by atoms with van der Waals surface area (Å²) >= 11 is 1.42. The average Bonchev–Trinajstić information content (AvgIpc) is 3.17. The van der Waals surface area contributed by atoms with Gasteiger partial charge in [-0.05, 0) is 51.3 Å². The number of aromatic nitrogens is 3. The Morgan fingerprint density at radius 1 is 1.22 bits per heavy atom. The number of ether oxygens (including phenoxy) is 1. The molecule has 0 bridgehead atoms. The first kappa shape index (κ1) is 21.9. The maximum absolute atomic E-state index is 13.0. The van der Waals surface area contributed by atoms with E-state index in [2.05, 4.69) is 25.6 Å². The highest BCUT2D eigenvalue weighted by molar-refractivity contribution is 7.17. The van der Waals surface area contributed by atoms with Gasteiger partial charge in [-0.1, -0.05) is 6.07 Å². The fraction of sp³-hybridized carbons (Fsp3) is 0.409. The zero-order valence-electron chi connectivity index (χ0n) is 18.5. The SMILES string of the molecule is C[C@H](Nc1nc(C(=O)NC2CN(C(=O)OC(C)(C)C)C2)c2sccc2n1)c1ccccn1. The lowest BCUT2D eigenvalue weighted by atomic mass is 10.1. The number of carbonyl (C=O) groups is 2. The van der Waals surface area contributed by atoms with Crippen molar-refractivity contribution >= 4 is 39.5 Å². The van der Waals surface area contributed by atoms with Crippen molar-refractivity contribution in [2.75, 3.05) is 18.4 Å². The monoisotopic (exact) mass is 454 g/mol. The normalized spacial score (nSPS) is 15.2. The molecule has 0 aromatic carbocycles. The van der Waals surface area contributed by atoms with E-state index in [0.717, 1.165) is 10.4 Å². The van der Waals surface area contributed by atoms with E-state index in [1.807, 2.05) is 57.3 Å². The van der Waals surface area contributed by atoms with Crippen molar-refractivity contribution in [3.05, 3.63) is 47.2 Å². The molecule has 1 atom stereocenters. The molecule has 0 radical (unpaired) electrons. The summed E-state index contributed by atoms with van der Waals surface area (Å²) < 4.78 is 6.08. The van der Waals surface area contributed by atoms with Crippen LogP contribution in [0.3, 0.4) is 0 Å². The summed E-state index contributed by atoms with van der Waals surface area (Å²) in [5.41, 5.74) is 1.32. The number of pyridine rings is 1. The van der Waals surface area contributed by atoms with Gasteiger partial charge in [-0.25, -0.2) is 14.8 Å². The molecule has 3 aromatic heterocycles. The molecule has 1 aliphatic heterocycles. The molecule has 2 N–H and O–H groups in total. The first-order valence-corrected chi connectivity index (χ1v) is 11.3. The number of rotatable bonds is 5. The minimum Gasteiger partial charge on any atom is -0.444 e. The molecule has 0 aliphatic carbocycles. The van der Waals surface area contributed by atoms with Gasteiger partial charge in [0.25, 0.3) is 5.91 Å². The number of hydrogen-bond acceptors (Lipinski definition) is 8. The third-order valence-electron chi connectivity index (χ3n) is 4.86. The number of hydrogen-bond donors (Lipinski definition) is 2. The minimum absolute atomic E-state index is 0.128. The van der Waals surface area contributed by atoms with Crippen LogP contribution in [0.1, 0.15) is 49.9 Å². The van der Waals surface area contributed by atoms with Crippen molar-refractivity contribution in [2.24, 2.45) is 0 Å². The second-order valence-electron chi connectivity index (χ2n) is 8.71. The van der Waals surface area contributed by atoms with E-state index in [9.17, 15) is 9.59 Å². The van der Waals surface area contributed by atoms with Crippen molar-refractivity contribution < 1.29 is 14.3 Å². The highest BCUT2D eigenvalue weighted by Gasteiger charge is 2.35. The Bertz CT molecular complexity index is 1120. The van der Waals surface area contributed by atoms with Crippen molar-refractivity contribution in [3.8, 4) is 0 Å². The smallest absolute Gasteiger partial charge is 0.410 e. The molecule has 32 heavy (non-hydrogen) atoms. The molecule has 1 saturated heterocycles. The van der Waals surface area contributed by atoms with Crippen LogP contribution in [-0.4, -0.2) is 56.6 Å². The Labute approximate surface area is 190 Å². The van der Waals surface area contributed by atoms with Gasteiger partial charge in [0, 0.05) is 19.3 Å². The lowest BCUT2D eigenvalue weighted by Gasteiger charge is -2.39. The molecule has 0 spiro atoms. The summed E-state index contributed by atoms with van der Waals surface area (Å²) in [5, 5.41) is 8.08. The fourth-order valence-corrected chi connectivity index (χ4v) is 4.10. The van der Waals surface area contributed by atoms with Gasteiger partial charge in [-0.15, -0.1) is 11.3 Å². The molecule has 3 aromatic rings. The Hall–Kier alpha value is -3.27. The summed E-state index contributed by atoms with van der Waals surface area (Å²) in [4.78, 5) is 40.1. The molecule has 1 fully saturated rings. The predicted molar refractivity (Wildman–Crippen MR) is 123 cm³/mol. The number of carbonyl (C=O) groups excluding carboxylic acids is 2. The third kappa shape index (κ3) is 4.96. The zero-order chi connectivity index (χ0) is 22.9. The standard InChI is InChI=1S/C22H26N6O3S/c1-13(15-7-5-6-9-23-15)24-20-26-16-8-10-32-18(16)17(27-20)19(29)25-14-11-28(12-14)21(30)31-22(2,3)4/h5-10,13-14H,11-12H2,1-4H3,(H,25,29)(H,24,26,27)/t13-/m0/s1. The van der Waals surface area contributed by atoms with Crippen LogP contribution in [0.2, 0.25) is 0 Å². The molecular weight excluding hydrogens is 428 g/mol. The van der Waals surface area contributed by atoms with Crippen LogP contribution in [0.5, 0.6) is 0 Å². The van der Waals surface area contributed by atoms with Crippen LogP contribution in [-0.2, 0) is 4.74 Å². The van der Waals surface area contributed by atoms with Crippen molar-refractivity contribution in [3.63, 3.8) is 0 Å². The predicted octanol–water partition coefficient (Wildman–Crippen LogP) is 3.61. The molecule has 0 saturated carbocycles. The summed E-state index contributed by atoms with van der Waals surface area (Å²) in [6.07, 6.45) is 1.36. The van der Waals surface area contributed by atoms with Crippen LogP contribution >= 0.6 is 11.3 Å².